The van der Waals surface area contributed by atoms with E-state index in [9.17, 15) is 8.78 Å². The van der Waals surface area contributed by atoms with Gasteiger partial charge in [0.25, 0.3) is 6.43 Å². The van der Waals surface area contributed by atoms with Gasteiger partial charge in [-0.15, -0.1) is 0 Å². The first kappa shape index (κ1) is 9.63. The van der Waals surface area contributed by atoms with E-state index in [4.69, 9.17) is 4.74 Å². The van der Waals surface area contributed by atoms with Crippen LogP contribution in [0.3, 0.4) is 0 Å². The van der Waals surface area contributed by atoms with Crippen molar-refractivity contribution in [1.29, 1.82) is 0 Å². The molecule has 0 fully saturated rings. The lowest BCUT2D eigenvalue weighted by molar-refractivity contribution is 0.146. The van der Waals surface area contributed by atoms with Crippen molar-refractivity contribution < 1.29 is 13.5 Å². The molecule has 0 aliphatic rings. The number of rotatable bonds is 2. The van der Waals surface area contributed by atoms with Gasteiger partial charge < -0.3 is 4.74 Å². The maximum absolute atomic E-state index is 12.3. The summed E-state index contributed by atoms with van der Waals surface area (Å²) in [6.45, 7) is 0. The average molecular weight is 285 g/mol. The van der Waals surface area contributed by atoms with E-state index in [2.05, 4.69) is 4.98 Å². The van der Waals surface area contributed by atoms with E-state index in [0.717, 1.165) is 0 Å². The Labute approximate surface area is 82.1 Å². The average Bonchev–Trinajstić information content (AvgIpc) is 2.03. The summed E-state index contributed by atoms with van der Waals surface area (Å²) in [4.78, 5) is 3.82. The van der Waals surface area contributed by atoms with E-state index in [0.29, 0.717) is 3.70 Å². The zero-order valence-corrected chi connectivity index (χ0v) is 8.38. The molecule has 1 aromatic rings. The van der Waals surface area contributed by atoms with Crippen LogP contribution in [0.2, 0.25) is 0 Å². The molecule has 1 aromatic heterocycles. The molecule has 0 amide bonds. The van der Waals surface area contributed by atoms with Crippen LogP contribution in [0.15, 0.2) is 12.3 Å². The number of alkyl halides is 2. The molecule has 2 nitrogen and oxygen atoms in total. The van der Waals surface area contributed by atoms with Crippen molar-refractivity contribution in [2.75, 3.05) is 7.11 Å². The fourth-order valence-corrected chi connectivity index (χ4v) is 1.50. The smallest absolute Gasteiger partial charge is 0.267 e. The zero-order valence-electron chi connectivity index (χ0n) is 6.22. The molecule has 12 heavy (non-hydrogen) atoms. The Morgan fingerprint density at radius 1 is 1.58 bits per heavy atom. The quantitative estimate of drug-likeness (QED) is 0.615. The lowest BCUT2D eigenvalue weighted by Gasteiger charge is -2.07. The van der Waals surface area contributed by atoms with Crippen molar-refractivity contribution in [3.63, 3.8) is 0 Å². The van der Waals surface area contributed by atoms with E-state index in [1.54, 1.807) is 0 Å². The molecule has 0 aliphatic heterocycles. The van der Waals surface area contributed by atoms with Gasteiger partial charge in [0.2, 0.25) is 0 Å². The minimum atomic E-state index is -2.52. The molecule has 0 radical (unpaired) electrons. The molecule has 0 saturated carbocycles. The van der Waals surface area contributed by atoms with Gasteiger partial charge in [0.1, 0.15) is 3.70 Å². The first-order chi connectivity index (χ1) is 5.66. The molecule has 1 heterocycles. The molecule has 0 saturated heterocycles. The van der Waals surface area contributed by atoms with Crippen LogP contribution in [0.4, 0.5) is 8.78 Å². The maximum atomic E-state index is 12.3. The highest BCUT2D eigenvalue weighted by Crippen LogP contribution is 2.30. The Balaban J connectivity index is 3.18. The summed E-state index contributed by atoms with van der Waals surface area (Å²) in [6, 6.07) is 1.26. The topological polar surface area (TPSA) is 22.1 Å². The van der Waals surface area contributed by atoms with Gasteiger partial charge in [-0.25, -0.2) is 13.8 Å². The molecule has 66 valence electrons. The van der Waals surface area contributed by atoms with E-state index in [1.165, 1.54) is 19.4 Å². The van der Waals surface area contributed by atoms with Crippen molar-refractivity contribution in [2.45, 2.75) is 6.43 Å². The number of pyridine rings is 1. The fraction of sp³-hybridized carbons (Fsp3) is 0.286. The number of ether oxygens (including phenoxy) is 1. The second-order valence-electron chi connectivity index (χ2n) is 2.02. The first-order valence-corrected chi connectivity index (χ1v) is 4.21. The lowest BCUT2D eigenvalue weighted by Crippen LogP contribution is -1.96. The van der Waals surface area contributed by atoms with Gasteiger partial charge in [0.15, 0.2) is 5.75 Å². The molecule has 1 rings (SSSR count). The van der Waals surface area contributed by atoms with Crippen molar-refractivity contribution in [2.24, 2.45) is 0 Å². The predicted octanol–water partition coefficient (Wildman–Crippen LogP) is 2.63. The van der Waals surface area contributed by atoms with Gasteiger partial charge in [-0.05, 0) is 28.7 Å². The van der Waals surface area contributed by atoms with E-state index in [-0.39, 0.29) is 11.3 Å². The molecule has 0 aliphatic carbocycles. The van der Waals surface area contributed by atoms with Gasteiger partial charge in [-0.1, -0.05) is 0 Å². The highest BCUT2D eigenvalue weighted by Gasteiger charge is 2.15. The standard InChI is InChI=1S/C7H6F2INO/c1-12-5-4(6(8)9)2-3-11-7(5)10/h2-3,6H,1H3. The van der Waals surface area contributed by atoms with E-state index >= 15 is 0 Å². The van der Waals surface area contributed by atoms with Crippen molar-refractivity contribution in [3.05, 3.63) is 21.5 Å². The summed E-state index contributed by atoms with van der Waals surface area (Å²) < 4.78 is 29.8. The highest BCUT2D eigenvalue weighted by molar-refractivity contribution is 14.1. The van der Waals surface area contributed by atoms with Crippen molar-refractivity contribution in [1.82, 2.24) is 4.98 Å². The third-order valence-corrected chi connectivity index (χ3v) is 2.10. The Kier molecular flexibility index (Phi) is 3.19. The summed E-state index contributed by atoms with van der Waals surface area (Å²) >= 11 is 1.85. The maximum Gasteiger partial charge on any atom is 0.267 e. The molecule has 0 bridgehead atoms. The van der Waals surface area contributed by atoms with Crippen LogP contribution in [0, 0.1) is 3.70 Å². The second kappa shape index (κ2) is 3.97. The molecular weight excluding hydrogens is 279 g/mol. The number of nitrogens with zero attached hydrogens (tertiary/aromatic N) is 1. The SMILES string of the molecule is COc1c(C(F)F)ccnc1I. The summed E-state index contributed by atoms with van der Waals surface area (Å²) in [5.74, 6) is 0.160. The minimum absolute atomic E-state index is 0.114. The van der Waals surface area contributed by atoms with Crippen LogP contribution in [-0.2, 0) is 0 Å². The fourth-order valence-electron chi connectivity index (χ4n) is 0.810. The summed E-state index contributed by atoms with van der Waals surface area (Å²) in [5.41, 5.74) is -0.114. The van der Waals surface area contributed by atoms with Gasteiger partial charge in [0, 0.05) is 6.20 Å². The molecule has 5 heteroatoms. The Morgan fingerprint density at radius 3 is 2.67 bits per heavy atom. The molecule has 0 aromatic carbocycles. The van der Waals surface area contributed by atoms with Gasteiger partial charge in [-0.2, -0.15) is 0 Å². The number of hydrogen-bond acceptors (Lipinski definition) is 2. The van der Waals surface area contributed by atoms with Crippen LogP contribution >= 0.6 is 22.6 Å². The van der Waals surface area contributed by atoms with Crippen molar-refractivity contribution in [3.8, 4) is 5.75 Å². The second-order valence-corrected chi connectivity index (χ2v) is 3.05. The number of methoxy groups -OCH3 is 1. The summed E-state index contributed by atoms with van der Waals surface area (Å²) in [5, 5.41) is 0. The molecule has 0 atom stereocenters. The monoisotopic (exact) mass is 285 g/mol. The minimum Gasteiger partial charge on any atom is -0.493 e. The number of hydrogen-bond donors (Lipinski definition) is 0. The Bertz CT molecular complexity index is 280. The normalized spacial score (nSPS) is 10.4. The van der Waals surface area contributed by atoms with Crippen LogP contribution in [0.1, 0.15) is 12.0 Å². The molecule has 0 spiro atoms. The zero-order chi connectivity index (χ0) is 9.14. The largest absolute Gasteiger partial charge is 0.493 e. The van der Waals surface area contributed by atoms with Crippen LogP contribution in [0.25, 0.3) is 0 Å². The van der Waals surface area contributed by atoms with E-state index < -0.39 is 6.43 Å². The summed E-state index contributed by atoms with van der Waals surface area (Å²) in [7, 11) is 1.35. The van der Waals surface area contributed by atoms with Gasteiger partial charge >= 0.3 is 0 Å². The van der Waals surface area contributed by atoms with Gasteiger partial charge in [-0.3, -0.25) is 0 Å². The molecule has 0 unspecified atom stereocenters. The third kappa shape index (κ3) is 1.82. The van der Waals surface area contributed by atoms with Crippen LogP contribution < -0.4 is 4.74 Å². The lowest BCUT2D eigenvalue weighted by atomic mass is 10.2. The van der Waals surface area contributed by atoms with Crippen LogP contribution in [-0.4, -0.2) is 12.1 Å². The summed E-state index contributed by atoms with van der Waals surface area (Å²) in [6.07, 6.45) is -1.18. The Hall–Kier alpha value is -0.460. The highest BCUT2D eigenvalue weighted by atomic mass is 127. The van der Waals surface area contributed by atoms with Gasteiger partial charge in [0.05, 0.1) is 12.7 Å². The molecule has 0 N–H and O–H groups in total. The van der Waals surface area contributed by atoms with Crippen molar-refractivity contribution >= 4 is 22.6 Å². The Morgan fingerprint density at radius 2 is 2.25 bits per heavy atom. The van der Waals surface area contributed by atoms with E-state index in [1.807, 2.05) is 22.6 Å². The van der Waals surface area contributed by atoms with Crippen LogP contribution in [0.5, 0.6) is 5.75 Å². The molecular formula is C7H6F2INO. The first-order valence-electron chi connectivity index (χ1n) is 3.13. The third-order valence-electron chi connectivity index (χ3n) is 1.33. The number of halogens is 3. The number of aromatic nitrogens is 1. The predicted molar refractivity (Wildman–Crippen MR) is 48.5 cm³/mol.